The predicted octanol–water partition coefficient (Wildman–Crippen LogP) is 3.30. The van der Waals surface area contributed by atoms with Gasteiger partial charge in [-0.2, -0.15) is 0 Å². The number of ether oxygens (including phenoxy) is 1. The average molecular weight is 454 g/mol. The molecule has 0 N–H and O–H groups in total. The Labute approximate surface area is 193 Å². The van der Waals surface area contributed by atoms with Crippen molar-refractivity contribution >= 4 is 17.8 Å². The van der Waals surface area contributed by atoms with Crippen molar-refractivity contribution in [3.63, 3.8) is 0 Å². The summed E-state index contributed by atoms with van der Waals surface area (Å²) in [6, 6.07) is 7.35. The molecule has 2 aliphatic rings. The zero-order chi connectivity index (χ0) is 23.8. The van der Waals surface area contributed by atoms with Crippen LogP contribution in [-0.2, 0) is 20.9 Å². The van der Waals surface area contributed by atoms with Crippen LogP contribution in [0.15, 0.2) is 34.9 Å². The molecule has 1 atom stereocenters. The summed E-state index contributed by atoms with van der Waals surface area (Å²) in [5.74, 6) is -0.104. The first kappa shape index (κ1) is 23.0. The molecule has 0 aliphatic carbocycles. The Kier molecular flexibility index (Phi) is 6.28. The van der Waals surface area contributed by atoms with Crippen LogP contribution >= 0.6 is 0 Å². The molecule has 0 radical (unpaired) electrons. The smallest absolute Gasteiger partial charge is 0.307 e. The Hall–Kier alpha value is -3.16. The molecule has 8 nitrogen and oxygen atoms in total. The van der Waals surface area contributed by atoms with E-state index in [1.807, 2.05) is 30.0 Å². The van der Waals surface area contributed by atoms with Crippen LogP contribution in [0.25, 0.3) is 0 Å². The summed E-state index contributed by atoms with van der Waals surface area (Å²) in [5, 5.41) is 0. The van der Waals surface area contributed by atoms with Gasteiger partial charge in [-0.05, 0) is 57.9 Å². The predicted molar refractivity (Wildman–Crippen MR) is 120 cm³/mol. The molecular formula is C25H31N3O5. The number of amides is 2. The number of cyclic esters (lactones) is 1. The van der Waals surface area contributed by atoms with Gasteiger partial charge in [0.05, 0.1) is 36.4 Å². The molecule has 0 spiro atoms. The highest BCUT2D eigenvalue weighted by atomic mass is 16.6. The van der Waals surface area contributed by atoms with Crippen LogP contribution in [0.4, 0.5) is 0 Å². The van der Waals surface area contributed by atoms with E-state index in [9.17, 15) is 14.4 Å². The number of hydrogen-bond donors (Lipinski definition) is 0. The molecule has 2 aliphatic heterocycles. The molecule has 4 rings (SSSR count). The van der Waals surface area contributed by atoms with Crippen LogP contribution in [0.3, 0.4) is 0 Å². The number of hydrogen-bond acceptors (Lipinski definition) is 6. The van der Waals surface area contributed by atoms with E-state index in [0.29, 0.717) is 38.0 Å². The maximum absolute atomic E-state index is 13.2. The number of furan rings is 1. The Morgan fingerprint density at radius 2 is 1.94 bits per heavy atom. The van der Waals surface area contributed by atoms with E-state index in [-0.39, 0.29) is 30.1 Å². The van der Waals surface area contributed by atoms with Gasteiger partial charge in [-0.1, -0.05) is 0 Å². The Morgan fingerprint density at radius 3 is 2.55 bits per heavy atom. The average Bonchev–Trinajstić information content (AvgIpc) is 3.38. The van der Waals surface area contributed by atoms with Gasteiger partial charge in [-0.15, -0.1) is 0 Å². The number of aryl methyl sites for hydroxylation is 1. The summed E-state index contributed by atoms with van der Waals surface area (Å²) >= 11 is 0. The molecular weight excluding hydrogens is 422 g/mol. The topological polar surface area (TPSA) is 93.0 Å². The monoisotopic (exact) mass is 453 g/mol. The Morgan fingerprint density at radius 1 is 1.21 bits per heavy atom. The lowest BCUT2D eigenvalue weighted by Crippen LogP contribution is -2.46. The molecule has 2 saturated heterocycles. The molecule has 2 amide bonds. The number of carbonyl (C=O) groups excluding carboxylic acids is 3. The molecule has 176 valence electrons. The number of piperidine rings is 1. The standard InChI is InChI=1S/C25H31N3O5/c1-16-7-8-19(23(30)27(4)15-18-6-5-13-32-18)22(26-16)17-9-11-28(12-10-17)24(31)20-14-21(29)33-25(20,2)3/h5-8,13,17,20H,9-12,14-15H2,1-4H3. The van der Waals surface area contributed by atoms with Crippen molar-refractivity contribution in [2.24, 2.45) is 5.92 Å². The largest absolute Gasteiger partial charge is 0.467 e. The summed E-state index contributed by atoms with van der Waals surface area (Å²) < 4.78 is 10.7. The Balaban J connectivity index is 1.46. The summed E-state index contributed by atoms with van der Waals surface area (Å²) in [6.45, 7) is 7.01. The molecule has 2 aromatic rings. The molecule has 2 aromatic heterocycles. The fourth-order valence-electron chi connectivity index (χ4n) is 4.78. The fraction of sp³-hybridized carbons (Fsp3) is 0.520. The molecule has 0 bridgehead atoms. The van der Waals surface area contributed by atoms with Crippen molar-refractivity contribution in [3.8, 4) is 0 Å². The minimum absolute atomic E-state index is 0.0315. The zero-order valence-electron chi connectivity index (χ0n) is 19.7. The van der Waals surface area contributed by atoms with Crippen molar-refractivity contribution in [1.29, 1.82) is 0 Å². The number of nitrogens with zero attached hydrogens (tertiary/aromatic N) is 3. The molecule has 1 unspecified atom stereocenters. The third-order valence-electron chi connectivity index (χ3n) is 6.69. The minimum atomic E-state index is -0.777. The number of carbonyl (C=O) groups is 3. The number of esters is 1. The van der Waals surface area contributed by atoms with E-state index in [1.54, 1.807) is 38.1 Å². The van der Waals surface area contributed by atoms with E-state index >= 15 is 0 Å². The van der Waals surface area contributed by atoms with Gasteiger partial charge >= 0.3 is 5.97 Å². The van der Waals surface area contributed by atoms with Crippen LogP contribution in [0, 0.1) is 12.8 Å². The van der Waals surface area contributed by atoms with Gasteiger partial charge < -0.3 is 19.0 Å². The van der Waals surface area contributed by atoms with Gasteiger partial charge in [-0.3, -0.25) is 19.4 Å². The van der Waals surface area contributed by atoms with E-state index in [2.05, 4.69) is 0 Å². The van der Waals surface area contributed by atoms with Crippen molar-refractivity contribution < 1.29 is 23.5 Å². The highest BCUT2D eigenvalue weighted by molar-refractivity contribution is 5.95. The van der Waals surface area contributed by atoms with E-state index < -0.39 is 11.5 Å². The molecule has 0 saturated carbocycles. The summed E-state index contributed by atoms with van der Waals surface area (Å²) in [4.78, 5) is 46.2. The SMILES string of the molecule is Cc1ccc(C(=O)N(C)Cc2ccco2)c(C2CCN(C(=O)C3CC(=O)OC3(C)C)CC2)n1. The van der Waals surface area contributed by atoms with Gasteiger partial charge in [-0.25, -0.2) is 0 Å². The molecule has 4 heterocycles. The first-order valence-corrected chi connectivity index (χ1v) is 11.4. The van der Waals surface area contributed by atoms with E-state index in [0.717, 1.165) is 17.1 Å². The second-order valence-electron chi connectivity index (χ2n) is 9.56. The second kappa shape index (κ2) is 9.00. The molecule has 2 fully saturated rings. The Bertz CT molecular complexity index is 1040. The lowest BCUT2D eigenvalue weighted by molar-refractivity contribution is -0.149. The van der Waals surface area contributed by atoms with Crippen LogP contribution in [0.5, 0.6) is 0 Å². The van der Waals surface area contributed by atoms with Crippen molar-refractivity contribution in [2.45, 2.75) is 58.1 Å². The lowest BCUT2D eigenvalue weighted by atomic mass is 9.86. The number of aromatic nitrogens is 1. The maximum Gasteiger partial charge on any atom is 0.307 e. The van der Waals surface area contributed by atoms with Gasteiger partial charge in [0.25, 0.3) is 5.91 Å². The van der Waals surface area contributed by atoms with Gasteiger partial charge in [0.15, 0.2) is 0 Å². The summed E-state index contributed by atoms with van der Waals surface area (Å²) in [5.41, 5.74) is 1.46. The minimum Gasteiger partial charge on any atom is -0.467 e. The van der Waals surface area contributed by atoms with Crippen LogP contribution in [-0.4, -0.2) is 58.3 Å². The quantitative estimate of drug-likeness (QED) is 0.645. The van der Waals surface area contributed by atoms with Crippen molar-refractivity contribution in [1.82, 2.24) is 14.8 Å². The van der Waals surface area contributed by atoms with Crippen LogP contribution < -0.4 is 0 Å². The number of pyridine rings is 1. The first-order valence-electron chi connectivity index (χ1n) is 11.4. The first-order chi connectivity index (χ1) is 15.7. The maximum atomic E-state index is 13.2. The molecule has 33 heavy (non-hydrogen) atoms. The van der Waals surface area contributed by atoms with Crippen molar-refractivity contribution in [3.05, 3.63) is 53.2 Å². The van der Waals surface area contributed by atoms with Gasteiger partial charge in [0, 0.05) is 31.7 Å². The summed E-state index contributed by atoms with van der Waals surface area (Å²) in [6.07, 6.45) is 3.15. The lowest BCUT2D eigenvalue weighted by Gasteiger charge is -2.36. The third kappa shape index (κ3) is 4.79. The molecule has 8 heteroatoms. The van der Waals surface area contributed by atoms with Gasteiger partial charge in [0.2, 0.25) is 5.91 Å². The van der Waals surface area contributed by atoms with Gasteiger partial charge in [0.1, 0.15) is 11.4 Å². The summed E-state index contributed by atoms with van der Waals surface area (Å²) in [7, 11) is 1.75. The number of rotatable bonds is 5. The highest BCUT2D eigenvalue weighted by Gasteiger charge is 2.48. The zero-order valence-corrected chi connectivity index (χ0v) is 19.7. The normalized spacial score (nSPS) is 20.5. The molecule has 0 aromatic carbocycles. The van der Waals surface area contributed by atoms with E-state index in [4.69, 9.17) is 14.1 Å². The van der Waals surface area contributed by atoms with E-state index in [1.165, 1.54) is 0 Å². The van der Waals surface area contributed by atoms with Crippen molar-refractivity contribution in [2.75, 3.05) is 20.1 Å². The highest BCUT2D eigenvalue weighted by Crippen LogP contribution is 2.36. The number of likely N-dealkylation sites (tertiary alicyclic amines) is 1. The second-order valence-corrected chi connectivity index (χ2v) is 9.56. The fourth-order valence-corrected chi connectivity index (χ4v) is 4.78. The van der Waals surface area contributed by atoms with Crippen LogP contribution in [0.1, 0.15) is 66.5 Å². The third-order valence-corrected chi connectivity index (χ3v) is 6.69. The van der Waals surface area contributed by atoms with Crippen LogP contribution in [0.2, 0.25) is 0 Å².